The average molecular weight is 328 g/mol. The van der Waals surface area contributed by atoms with Gasteiger partial charge in [-0.1, -0.05) is 48.5 Å². The summed E-state index contributed by atoms with van der Waals surface area (Å²) in [7, 11) is 0. The molecule has 2 fully saturated rings. The summed E-state index contributed by atoms with van der Waals surface area (Å²) in [5.41, 5.74) is 3.36. The number of hydrogen-bond acceptors (Lipinski definition) is 4. The van der Waals surface area contributed by atoms with Crippen LogP contribution in [-0.4, -0.2) is 35.9 Å². The van der Waals surface area contributed by atoms with Gasteiger partial charge < -0.3 is 9.80 Å². The van der Waals surface area contributed by atoms with Gasteiger partial charge in [-0.2, -0.15) is 0 Å². The molecule has 0 aliphatic carbocycles. The van der Waals surface area contributed by atoms with Crippen molar-refractivity contribution in [3.63, 3.8) is 0 Å². The van der Waals surface area contributed by atoms with Crippen LogP contribution in [0.1, 0.15) is 0 Å². The van der Waals surface area contributed by atoms with Crippen molar-refractivity contribution in [2.45, 2.75) is 6.04 Å². The molecule has 2 atom stereocenters. The van der Waals surface area contributed by atoms with E-state index in [2.05, 4.69) is 74.6 Å². The van der Waals surface area contributed by atoms with Crippen LogP contribution in [0.2, 0.25) is 0 Å². The number of para-hydroxylation sites is 1. The van der Waals surface area contributed by atoms with E-state index in [4.69, 9.17) is 0 Å². The van der Waals surface area contributed by atoms with Crippen molar-refractivity contribution in [1.82, 2.24) is 10.2 Å². The molecule has 4 heteroatoms. The van der Waals surface area contributed by atoms with Crippen LogP contribution < -0.4 is 9.80 Å². The van der Waals surface area contributed by atoms with Crippen LogP contribution in [0.25, 0.3) is 11.3 Å². The molecule has 0 amide bonds. The number of rotatable bonds is 3. The quantitative estimate of drug-likeness (QED) is 0.737. The van der Waals surface area contributed by atoms with Gasteiger partial charge >= 0.3 is 0 Å². The second-order valence-electron chi connectivity index (χ2n) is 6.86. The zero-order chi connectivity index (χ0) is 16.6. The second-order valence-corrected chi connectivity index (χ2v) is 6.86. The third-order valence-electron chi connectivity index (χ3n) is 5.37. The minimum atomic E-state index is 0.553. The van der Waals surface area contributed by atoms with E-state index in [0.29, 0.717) is 6.04 Å². The van der Waals surface area contributed by atoms with E-state index < -0.39 is 0 Å². The van der Waals surface area contributed by atoms with E-state index in [-0.39, 0.29) is 0 Å². The molecule has 0 N–H and O–H groups in total. The van der Waals surface area contributed by atoms with Crippen LogP contribution in [0.4, 0.5) is 11.5 Å². The molecule has 3 heterocycles. The molecule has 0 spiro atoms. The van der Waals surface area contributed by atoms with Gasteiger partial charge in [0.25, 0.3) is 0 Å². The summed E-state index contributed by atoms with van der Waals surface area (Å²) < 4.78 is 0. The Morgan fingerprint density at radius 3 is 2.20 bits per heavy atom. The minimum Gasteiger partial charge on any atom is -0.369 e. The number of fused-ring (bicyclic) bond motifs is 1. The summed E-state index contributed by atoms with van der Waals surface area (Å²) in [6, 6.07) is 25.6. The third kappa shape index (κ3) is 2.54. The molecule has 1 unspecified atom stereocenters. The molecule has 4 nitrogen and oxygen atoms in total. The van der Waals surface area contributed by atoms with Gasteiger partial charge in [-0.25, -0.2) is 0 Å². The Hall–Kier alpha value is -2.88. The fraction of sp³-hybridized carbons (Fsp3) is 0.238. The lowest BCUT2D eigenvalue weighted by molar-refractivity contribution is 0.361. The summed E-state index contributed by atoms with van der Waals surface area (Å²) in [6.07, 6.45) is 0. The number of aromatic nitrogens is 2. The smallest absolute Gasteiger partial charge is 0.151 e. The van der Waals surface area contributed by atoms with E-state index in [9.17, 15) is 0 Å². The highest BCUT2D eigenvalue weighted by Gasteiger charge is 2.46. The van der Waals surface area contributed by atoms with E-state index >= 15 is 0 Å². The van der Waals surface area contributed by atoms with E-state index in [1.165, 1.54) is 5.69 Å². The molecule has 0 saturated carbocycles. The Bertz CT molecular complexity index is 848. The lowest BCUT2D eigenvalue weighted by atomic mass is 9.92. The van der Waals surface area contributed by atoms with E-state index in [0.717, 1.165) is 42.6 Å². The number of anilines is 2. The Morgan fingerprint density at radius 2 is 1.48 bits per heavy atom. The molecular formula is C21H20N4. The molecular weight excluding hydrogens is 308 g/mol. The van der Waals surface area contributed by atoms with Crippen LogP contribution >= 0.6 is 0 Å². The fourth-order valence-electron chi connectivity index (χ4n) is 3.99. The molecule has 0 bridgehead atoms. The standard InChI is InChI=1S/C21H20N4/c1-3-7-16(8-4-1)19-11-12-21(23-22-19)25-14-17-13-24(15-20(17)25)18-9-5-2-6-10-18/h1-12,17,20H,13-15H2/t17?,20-/m1/s1. The largest absolute Gasteiger partial charge is 0.369 e. The van der Waals surface area contributed by atoms with Gasteiger partial charge in [0, 0.05) is 36.8 Å². The zero-order valence-electron chi connectivity index (χ0n) is 14.0. The maximum absolute atomic E-state index is 4.49. The second kappa shape index (κ2) is 5.88. The molecule has 5 rings (SSSR count). The van der Waals surface area contributed by atoms with Crippen molar-refractivity contribution in [1.29, 1.82) is 0 Å². The Labute approximate surface area is 147 Å². The summed E-state index contributed by atoms with van der Waals surface area (Å²) in [5.74, 6) is 1.73. The third-order valence-corrected chi connectivity index (χ3v) is 5.37. The Morgan fingerprint density at radius 1 is 0.720 bits per heavy atom. The number of hydrogen-bond donors (Lipinski definition) is 0. The van der Waals surface area contributed by atoms with Crippen molar-refractivity contribution < 1.29 is 0 Å². The van der Waals surface area contributed by atoms with E-state index in [1.807, 2.05) is 18.2 Å². The van der Waals surface area contributed by atoms with Gasteiger partial charge in [0.1, 0.15) is 0 Å². The lowest BCUT2D eigenvalue weighted by Crippen LogP contribution is -2.56. The molecule has 2 aromatic carbocycles. The molecule has 0 radical (unpaired) electrons. The van der Waals surface area contributed by atoms with Crippen LogP contribution in [0.3, 0.4) is 0 Å². The van der Waals surface area contributed by atoms with Crippen LogP contribution in [-0.2, 0) is 0 Å². The zero-order valence-corrected chi connectivity index (χ0v) is 14.0. The van der Waals surface area contributed by atoms with Crippen LogP contribution in [0.5, 0.6) is 0 Å². The first kappa shape index (κ1) is 14.5. The first-order valence-corrected chi connectivity index (χ1v) is 8.84. The monoisotopic (exact) mass is 328 g/mol. The maximum Gasteiger partial charge on any atom is 0.151 e. The van der Waals surface area contributed by atoms with Gasteiger partial charge in [0.05, 0.1) is 11.7 Å². The molecule has 2 aliphatic rings. The normalized spacial score (nSPS) is 21.8. The fourth-order valence-corrected chi connectivity index (χ4v) is 3.99. The molecule has 2 aliphatic heterocycles. The van der Waals surface area contributed by atoms with Crippen molar-refractivity contribution in [3.05, 3.63) is 72.8 Å². The van der Waals surface area contributed by atoms with Crippen molar-refractivity contribution >= 4 is 11.5 Å². The highest BCUT2D eigenvalue weighted by Crippen LogP contribution is 2.37. The molecule has 3 aromatic rings. The average Bonchev–Trinajstić information content (AvgIpc) is 3.01. The Balaban J connectivity index is 1.31. The number of nitrogens with zero attached hydrogens (tertiary/aromatic N) is 4. The van der Waals surface area contributed by atoms with E-state index in [1.54, 1.807) is 0 Å². The van der Waals surface area contributed by atoms with Crippen molar-refractivity contribution in [3.8, 4) is 11.3 Å². The summed E-state index contributed by atoms with van der Waals surface area (Å²) in [4.78, 5) is 4.89. The van der Waals surface area contributed by atoms with Gasteiger partial charge in [0.2, 0.25) is 0 Å². The maximum atomic E-state index is 4.49. The van der Waals surface area contributed by atoms with Gasteiger partial charge in [-0.05, 0) is 24.3 Å². The summed E-state index contributed by atoms with van der Waals surface area (Å²) in [6.45, 7) is 3.28. The van der Waals surface area contributed by atoms with Gasteiger partial charge in [0.15, 0.2) is 5.82 Å². The van der Waals surface area contributed by atoms with Crippen molar-refractivity contribution in [2.75, 3.05) is 29.4 Å². The Kier molecular flexibility index (Phi) is 3.40. The van der Waals surface area contributed by atoms with Crippen molar-refractivity contribution in [2.24, 2.45) is 5.92 Å². The van der Waals surface area contributed by atoms with Crippen LogP contribution in [0, 0.1) is 5.92 Å². The van der Waals surface area contributed by atoms with Gasteiger partial charge in [-0.3, -0.25) is 0 Å². The van der Waals surface area contributed by atoms with Crippen LogP contribution in [0.15, 0.2) is 72.8 Å². The highest BCUT2D eigenvalue weighted by atomic mass is 15.4. The number of benzene rings is 2. The summed E-state index contributed by atoms with van der Waals surface area (Å²) in [5, 5.41) is 8.93. The predicted molar refractivity (Wildman–Crippen MR) is 101 cm³/mol. The topological polar surface area (TPSA) is 32.3 Å². The predicted octanol–water partition coefficient (Wildman–Crippen LogP) is 3.47. The minimum absolute atomic E-state index is 0.553. The molecule has 2 saturated heterocycles. The first-order chi connectivity index (χ1) is 12.4. The molecule has 1 aromatic heterocycles. The molecule has 124 valence electrons. The lowest BCUT2D eigenvalue weighted by Gasteiger charge is -2.43. The van der Waals surface area contributed by atoms with Gasteiger partial charge in [-0.15, -0.1) is 10.2 Å². The first-order valence-electron chi connectivity index (χ1n) is 8.84. The SMILES string of the molecule is c1ccc(-c2ccc(N3CC4CN(c5ccccc5)C[C@H]43)nn2)cc1. The molecule has 25 heavy (non-hydrogen) atoms. The summed E-state index contributed by atoms with van der Waals surface area (Å²) >= 11 is 0. The highest BCUT2D eigenvalue weighted by molar-refractivity contribution is 5.60.